The maximum atomic E-state index is 2.40. The Balaban J connectivity index is 2.87. The predicted octanol–water partition coefficient (Wildman–Crippen LogP) is 3.89. The van der Waals surface area contributed by atoms with Gasteiger partial charge in [0.15, 0.2) is 0 Å². The van der Waals surface area contributed by atoms with E-state index in [-0.39, 0.29) is 5.41 Å². The molecule has 1 heterocycles. The van der Waals surface area contributed by atoms with E-state index in [1.807, 2.05) is 11.3 Å². The van der Waals surface area contributed by atoms with Crippen molar-refractivity contribution >= 4 is 16.3 Å². The van der Waals surface area contributed by atoms with E-state index in [2.05, 4.69) is 51.7 Å². The van der Waals surface area contributed by atoms with Crippen molar-refractivity contribution in [2.24, 2.45) is 0 Å². The highest BCUT2D eigenvalue weighted by Crippen LogP contribution is 2.34. The van der Waals surface area contributed by atoms with Crippen molar-refractivity contribution in [3.8, 4) is 0 Å². The van der Waals surface area contributed by atoms with E-state index < -0.39 is 0 Å². The van der Waals surface area contributed by atoms with Crippen LogP contribution in [-0.4, -0.2) is 13.1 Å². The van der Waals surface area contributed by atoms with Crippen molar-refractivity contribution in [2.45, 2.75) is 40.0 Å². The summed E-state index contributed by atoms with van der Waals surface area (Å²) in [5.41, 5.74) is 0.288. The second kappa shape index (κ2) is 4.35. The molecule has 0 aliphatic carbocycles. The Morgan fingerprint density at radius 2 is 1.71 bits per heavy atom. The smallest absolute Gasteiger partial charge is 0.0911 e. The third kappa shape index (κ3) is 2.50. The molecule has 0 saturated heterocycles. The lowest BCUT2D eigenvalue weighted by Crippen LogP contribution is -2.20. The fraction of sp³-hybridized carbons (Fsp3) is 0.667. The van der Waals surface area contributed by atoms with Gasteiger partial charge in [0.1, 0.15) is 0 Å². The molecule has 0 radical (unpaired) electrons. The van der Waals surface area contributed by atoms with E-state index in [1.54, 1.807) is 0 Å². The van der Waals surface area contributed by atoms with Crippen molar-refractivity contribution in [3.05, 3.63) is 17.0 Å². The third-order valence-electron chi connectivity index (χ3n) is 2.41. The molecule has 0 fully saturated rings. The second-order valence-corrected chi connectivity index (χ2v) is 5.62. The molecule has 14 heavy (non-hydrogen) atoms. The van der Waals surface area contributed by atoms with Crippen LogP contribution in [0.4, 0.5) is 5.00 Å². The molecule has 1 aromatic heterocycles. The first kappa shape index (κ1) is 11.6. The molecule has 80 valence electrons. The molecule has 0 aliphatic heterocycles. The van der Waals surface area contributed by atoms with Gasteiger partial charge in [-0.3, -0.25) is 0 Å². The van der Waals surface area contributed by atoms with Crippen LogP contribution in [0.5, 0.6) is 0 Å². The molecule has 0 N–H and O–H groups in total. The highest BCUT2D eigenvalue weighted by Gasteiger charge is 2.17. The molecule has 0 bridgehead atoms. The maximum Gasteiger partial charge on any atom is 0.0911 e. The third-order valence-corrected chi connectivity index (χ3v) is 3.98. The van der Waals surface area contributed by atoms with Gasteiger partial charge in [0.2, 0.25) is 0 Å². The zero-order valence-corrected chi connectivity index (χ0v) is 10.7. The van der Waals surface area contributed by atoms with Gasteiger partial charge in [-0.1, -0.05) is 20.8 Å². The topological polar surface area (TPSA) is 3.24 Å². The second-order valence-electron chi connectivity index (χ2n) is 4.56. The average molecular weight is 211 g/mol. The Kier molecular flexibility index (Phi) is 3.59. The average Bonchev–Trinajstić information content (AvgIpc) is 2.54. The number of anilines is 1. The zero-order chi connectivity index (χ0) is 10.8. The lowest BCUT2D eigenvalue weighted by atomic mass is 9.95. The Morgan fingerprint density at radius 3 is 2.07 bits per heavy atom. The van der Waals surface area contributed by atoms with E-state index in [9.17, 15) is 0 Å². The van der Waals surface area contributed by atoms with Crippen molar-refractivity contribution in [3.63, 3.8) is 0 Å². The molecule has 0 saturated carbocycles. The summed E-state index contributed by atoms with van der Waals surface area (Å²) in [6.07, 6.45) is 0. The Bertz CT molecular complexity index is 279. The summed E-state index contributed by atoms with van der Waals surface area (Å²) in [4.78, 5) is 3.87. The van der Waals surface area contributed by atoms with Crippen molar-refractivity contribution in [1.29, 1.82) is 0 Å². The molecule has 1 rings (SSSR count). The first-order valence-electron chi connectivity index (χ1n) is 5.34. The Morgan fingerprint density at radius 1 is 1.14 bits per heavy atom. The molecular formula is C12H21NS. The lowest BCUT2D eigenvalue weighted by molar-refractivity contribution is 0.604. The van der Waals surface area contributed by atoms with Gasteiger partial charge in [0, 0.05) is 18.0 Å². The van der Waals surface area contributed by atoms with Crippen LogP contribution >= 0.6 is 11.3 Å². The van der Waals surface area contributed by atoms with E-state index in [0.717, 1.165) is 13.1 Å². The van der Waals surface area contributed by atoms with Crippen LogP contribution in [0.1, 0.15) is 39.5 Å². The normalized spacial score (nSPS) is 11.8. The van der Waals surface area contributed by atoms with Gasteiger partial charge in [-0.05, 0) is 31.4 Å². The van der Waals surface area contributed by atoms with Gasteiger partial charge < -0.3 is 4.90 Å². The largest absolute Gasteiger partial charge is 0.364 e. The highest BCUT2D eigenvalue weighted by atomic mass is 32.1. The first-order chi connectivity index (χ1) is 6.49. The van der Waals surface area contributed by atoms with Gasteiger partial charge in [0.05, 0.1) is 5.00 Å². The number of nitrogens with zero attached hydrogens (tertiary/aromatic N) is 1. The number of hydrogen-bond donors (Lipinski definition) is 0. The van der Waals surface area contributed by atoms with Crippen LogP contribution in [-0.2, 0) is 5.41 Å². The fourth-order valence-corrected chi connectivity index (χ4v) is 2.63. The van der Waals surface area contributed by atoms with Gasteiger partial charge in [-0.25, -0.2) is 0 Å². The molecule has 0 aromatic carbocycles. The van der Waals surface area contributed by atoms with Crippen LogP contribution in [0.3, 0.4) is 0 Å². The number of rotatable bonds is 3. The van der Waals surface area contributed by atoms with Gasteiger partial charge in [-0.2, -0.15) is 0 Å². The maximum absolute atomic E-state index is 2.40. The highest BCUT2D eigenvalue weighted by molar-refractivity contribution is 7.16. The quantitative estimate of drug-likeness (QED) is 0.733. The van der Waals surface area contributed by atoms with Crippen molar-refractivity contribution in [1.82, 2.24) is 0 Å². The summed E-state index contributed by atoms with van der Waals surface area (Å²) in [7, 11) is 0. The van der Waals surface area contributed by atoms with Crippen molar-refractivity contribution < 1.29 is 0 Å². The van der Waals surface area contributed by atoms with E-state index >= 15 is 0 Å². The van der Waals surface area contributed by atoms with Crippen LogP contribution in [0.15, 0.2) is 12.1 Å². The first-order valence-corrected chi connectivity index (χ1v) is 6.16. The minimum absolute atomic E-state index is 0.288. The molecule has 1 nitrogen and oxygen atoms in total. The summed E-state index contributed by atoms with van der Waals surface area (Å²) >= 11 is 1.92. The Labute approximate surface area is 91.8 Å². The van der Waals surface area contributed by atoms with Gasteiger partial charge >= 0.3 is 0 Å². The van der Waals surface area contributed by atoms with Crippen LogP contribution in [0, 0.1) is 0 Å². The number of hydrogen-bond acceptors (Lipinski definition) is 2. The van der Waals surface area contributed by atoms with Gasteiger partial charge in [-0.15, -0.1) is 11.3 Å². The molecule has 2 heteroatoms. The summed E-state index contributed by atoms with van der Waals surface area (Å²) in [6.45, 7) is 13.4. The summed E-state index contributed by atoms with van der Waals surface area (Å²) in [5.74, 6) is 0. The predicted molar refractivity (Wildman–Crippen MR) is 66.6 cm³/mol. The van der Waals surface area contributed by atoms with Gasteiger partial charge in [0.25, 0.3) is 0 Å². The fourth-order valence-electron chi connectivity index (χ4n) is 1.44. The summed E-state index contributed by atoms with van der Waals surface area (Å²) < 4.78 is 0. The van der Waals surface area contributed by atoms with Crippen molar-refractivity contribution in [2.75, 3.05) is 18.0 Å². The van der Waals surface area contributed by atoms with E-state index in [1.165, 1.54) is 9.88 Å². The van der Waals surface area contributed by atoms with Crippen LogP contribution < -0.4 is 4.90 Å². The molecule has 0 unspecified atom stereocenters. The molecular weight excluding hydrogens is 190 g/mol. The number of thiophene rings is 1. The summed E-state index contributed by atoms with van der Waals surface area (Å²) in [6, 6.07) is 4.51. The Hall–Kier alpha value is -0.500. The van der Waals surface area contributed by atoms with E-state index in [0.29, 0.717) is 0 Å². The molecule has 0 atom stereocenters. The van der Waals surface area contributed by atoms with Crippen LogP contribution in [0.25, 0.3) is 0 Å². The molecule has 0 aliphatic rings. The lowest BCUT2D eigenvalue weighted by Gasteiger charge is -2.19. The monoisotopic (exact) mass is 211 g/mol. The molecule has 0 amide bonds. The molecule has 0 spiro atoms. The van der Waals surface area contributed by atoms with E-state index in [4.69, 9.17) is 0 Å². The zero-order valence-electron chi connectivity index (χ0n) is 9.92. The van der Waals surface area contributed by atoms with Crippen LogP contribution in [0.2, 0.25) is 0 Å². The molecule has 1 aromatic rings. The minimum Gasteiger partial charge on any atom is -0.364 e. The standard InChI is InChI=1S/C12H21NS/c1-6-13(7-2)11-9-8-10(14-11)12(3,4)5/h8-9H,6-7H2,1-5H3. The minimum atomic E-state index is 0.288. The SMILES string of the molecule is CCN(CC)c1ccc(C(C)(C)C)s1. The summed E-state index contributed by atoms with van der Waals surface area (Å²) in [5, 5.41) is 1.40.